The summed E-state index contributed by atoms with van der Waals surface area (Å²) in [7, 11) is 0. The van der Waals surface area contributed by atoms with Crippen molar-refractivity contribution in [3.63, 3.8) is 0 Å². The van der Waals surface area contributed by atoms with Gasteiger partial charge in [-0.25, -0.2) is 4.79 Å². The predicted octanol–water partition coefficient (Wildman–Crippen LogP) is 1.62. The topological polar surface area (TPSA) is 73.9 Å². The van der Waals surface area contributed by atoms with Crippen LogP contribution in [0.1, 0.15) is 12.5 Å². The Kier molecular flexibility index (Phi) is 5.20. The number of amides is 1. The first-order valence-electron chi connectivity index (χ1n) is 6.69. The Morgan fingerprint density at radius 2 is 2.19 bits per heavy atom. The molecule has 0 radical (unpaired) electrons. The zero-order chi connectivity index (χ0) is 15.1. The van der Waals surface area contributed by atoms with Gasteiger partial charge in [-0.1, -0.05) is 19.1 Å². The van der Waals surface area contributed by atoms with Gasteiger partial charge in [-0.15, -0.1) is 0 Å². The maximum Gasteiger partial charge on any atom is 0.377 e. The average molecular weight is 291 g/mol. The minimum atomic E-state index is -0.716. The Hall–Kier alpha value is -2.50. The molecule has 1 aromatic rings. The molecule has 0 aromatic heterocycles. The molecule has 6 nitrogen and oxygen atoms in total. The Bertz CT molecular complexity index is 553. The lowest BCUT2D eigenvalue weighted by molar-refractivity contribution is -0.148. The number of carbonyl (C=O) groups is 2. The monoisotopic (exact) mass is 291 g/mol. The van der Waals surface area contributed by atoms with Gasteiger partial charge in [0, 0.05) is 5.69 Å². The van der Waals surface area contributed by atoms with Crippen molar-refractivity contribution in [3.05, 3.63) is 41.9 Å². The van der Waals surface area contributed by atoms with E-state index in [2.05, 4.69) is 5.32 Å². The normalized spacial score (nSPS) is 13.5. The van der Waals surface area contributed by atoms with Crippen molar-refractivity contribution in [1.29, 1.82) is 0 Å². The van der Waals surface area contributed by atoms with Crippen molar-refractivity contribution < 1.29 is 23.8 Å². The number of nitrogens with one attached hydrogen (secondary N) is 1. The molecule has 1 heterocycles. The lowest BCUT2D eigenvalue weighted by atomic mass is 10.1. The second-order valence-electron chi connectivity index (χ2n) is 4.38. The molecule has 6 heteroatoms. The molecule has 112 valence electrons. The molecule has 0 aliphatic carbocycles. The molecule has 0 saturated heterocycles. The van der Waals surface area contributed by atoms with Gasteiger partial charge < -0.3 is 19.5 Å². The zero-order valence-corrected chi connectivity index (χ0v) is 11.8. The van der Waals surface area contributed by atoms with Crippen LogP contribution in [-0.2, 0) is 30.2 Å². The fourth-order valence-electron chi connectivity index (χ4n) is 1.74. The van der Waals surface area contributed by atoms with Gasteiger partial charge in [0.15, 0.2) is 6.61 Å². The summed E-state index contributed by atoms with van der Waals surface area (Å²) < 4.78 is 14.8. The van der Waals surface area contributed by atoms with Crippen LogP contribution in [0.5, 0.6) is 0 Å². The molecule has 0 unspecified atom stereocenters. The highest BCUT2D eigenvalue weighted by Crippen LogP contribution is 2.11. The Morgan fingerprint density at radius 3 is 2.90 bits per heavy atom. The SMILES string of the molecule is CCc1cccc(NC(=O)COC(=O)C2=COCCO2)c1. The second-order valence-corrected chi connectivity index (χ2v) is 4.38. The third-order valence-corrected chi connectivity index (χ3v) is 2.80. The van der Waals surface area contributed by atoms with Gasteiger partial charge >= 0.3 is 5.97 Å². The van der Waals surface area contributed by atoms with E-state index >= 15 is 0 Å². The van der Waals surface area contributed by atoms with E-state index in [-0.39, 0.29) is 19.0 Å². The van der Waals surface area contributed by atoms with E-state index in [0.29, 0.717) is 12.3 Å². The van der Waals surface area contributed by atoms with Gasteiger partial charge in [-0.05, 0) is 24.1 Å². The molecule has 21 heavy (non-hydrogen) atoms. The zero-order valence-electron chi connectivity index (χ0n) is 11.8. The minimum Gasteiger partial charge on any atom is -0.493 e. The van der Waals surface area contributed by atoms with E-state index in [9.17, 15) is 9.59 Å². The summed E-state index contributed by atoms with van der Waals surface area (Å²) in [6.45, 7) is 2.33. The molecule has 0 spiro atoms. The number of anilines is 1. The molecule has 2 rings (SSSR count). The largest absolute Gasteiger partial charge is 0.493 e. The lowest BCUT2D eigenvalue weighted by Gasteiger charge is -2.14. The highest BCUT2D eigenvalue weighted by Gasteiger charge is 2.17. The summed E-state index contributed by atoms with van der Waals surface area (Å²) in [5.74, 6) is -1.15. The number of esters is 1. The van der Waals surface area contributed by atoms with E-state index in [1.807, 2.05) is 25.1 Å². The molecule has 1 aromatic carbocycles. The number of benzene rings is 1. The molecule has 0 saturated carbocycles. The summed E-state index contributed by atoms with van der Waals surface area (Å²) in [6, 6.07) is 7.49. The number of hydrogen-bond donors (Lipinski definition) is 1. The van der Waals surface area contributed by atoms with Crippen LogP contribution in [0.2, 0.25) is 0 Å². The van der Waals surface area contributed by atoms with Crippen molar-refractivity contribution >= 4 is 17.6 Å². The number of rotatable bonds is 5. The Labute approximate surface area is 122 Å². The van der Waals surface area contributed by atoms with E-state index in [0.717, 1.165) is 12.0 Å². The predicted molar refractivity (Wildman–Crippen MR) is 75.4 cm³/mol. The fourth-order valence-corrected chi connectivity index (χ4v) is 1.74. The smallest absolute Gasteiger partial charge is 0.377 e. The van der Waals surface area contributed by atoms with Gasteiger partial charge in [0.25, 0.3) is 5.91 Å². The van der Waals surface area contributed by atoms with E-state index < -0.39 is 11.9 Å². The minimum absolute atomic E-state index is 0.0259. The van der Waals surface area contributed by atoms with Crippen LogP contribution in [0.25, 0.3) is 0 Å². The van der Waals surface area contributed by atoms with E-state index in [1.54, 1.807) is 6.07 Å². The number of hydrogen-bond acceptors (Lipinski definition) is 5. The van der Waals surface area contributed by atoms with Crippen LogP contribution in [0.4, 0.5) is 5.69 Å². The summed E-state index contributed by atoms with van der Waals surface area (Å²) >= 11 is 0. The molecule has 0 fully saturated rings. The fraction of sp³-hybridized carbons (Fsp3) is 0.333. The van der Waals surface area contributed by atoms with Gasteiger partial charge in [-0.2, -0.15) is 0 Å². The van der Waals surface area contributed by atoms with Crippen LogP contribution >= 0.6 is 0 Å². The summed E-state index contributed by atoms with van der Waals surface area (Å²) in [4.78, 5) is 23.3. The molecule has 0 bridgehead atoms. The summed E-state index contributed by atoms with van der Waals surface area (Å²) in [5.41, 5.74) is 1.79. The molecular formula is C15H17NO5. The first-order valence-corrected chi connectivity index (χ1v) is 6.69. The third kappa shape index (κ3) is 4.52. The van der Waals surface area contributed by atoms with Crippen molar-refractivity contribution in [2.24, 2.45) is 0 Å². The quantitative estimate of drug-likeness (QED) is 0.834. The highest BCUT2D eigenvalue weighted by molar-refractivity contribution is 5.94. The van der Waals surface area contributed by atoms with Crippen LogP contribution in [-0.4, -0.2) is 31.7 Å². The number of ether oxygens (including phenoxy) is 3. The van der Waals surface area contributed by atoms with Gasteiger partial charge in [0.2, 0.25) is 5.76 Å². The van der Waals surface area contributed by atoms with Crippen LogP contribution < -0.4 is 5.32 Å². The van der Waals surface area contributed by atoms with Crippen LogP contribution in [0, 0.1) is 0 Å². The molecule has 1 aliphatic heterocycles. The second kappa shape index (κ2) is 7.33. The number of aryl methyl sites for hydroxylation is 1. The lowest BCUT2D eigenvalue weighted by Crippen LogP contribution is -2.23. The maximum atomic E-state index is 11.7. The molecule has 1 N–H and O–H groups in total. The van der Waals surface area contributed by atoms with Gasteiger partial charge in [0.1, 0.15) is 19.5 Å². The summed E-state index contributed by atoms with van der Waals surface area (Å²) in [5, 5.41) is 2.67. The Morgan fingerprint density at radius 1 is 1.33 bits per heavy atom. The van der Waals surface area contributed by atoms with Crippen LogP contribution in [0.3, 0.4) is 0 Å². The summed E-state index contributed by atoms with van der Waals surface area (Å²) in [6.07, 6.45) is 2.07. The molecule has 1 amide bonds. The Balaban J connectivity index is 1.81. The molecule has 0 atom stereocenters. The van der Waals surface area contributed by atoms with Crippen molar-refractivity contribution in [2.45, 2.75) is 13.3 Å². The van der Waals surface area contributed by atoms with E-state index in [4.69, 9.17) is 14.2 Å². The standard InChI is InChI=1S/C15H17NO5/c1-2-11-4-3-5-12(8-11)16-14(17)10-21-15(18)13-9-19-6-7-20-13/h3-5,8-9H,2,6-7,10H2,1H3,(H,16,17). The van der Waals surface area contributed by atoms with Gasteiger partial charge in [-0.3, -0.25) is 4.79 Å². The van der Waals surface area contributed by atoms with Crippen molar-refractivity contribution in [2.75, 3.05) is 25.1 Å². The van der Waals surface area contributed by atoms with Gasteiger partial charge in [0.05, 0.1) is 0 Å². The highest BCUT2D eigenvalue weighted by atomic mass is 16.6. The number of carbonyl (C=O) groups excluding carboxylic acids is 2. The molecular weight excluding hydrogens is 274 g/mol. The molecule has 1 aliphatic rings. The maximum absolute atomic E-state index is 11.7. The van der Waals surface area contributed by atoms with E-state index in [1.165, 1.54) is 6.26 Å². The first kappa shape index (κ1) is 14.9. The van der Waals surface area contributed by atoms with Crippen molar-refractivity contribution in [3.8, 4) is 0 Å². The average Bonchev–Trinajstić information content (AvgIpc) is 2.53. The third-order valence-electron chi connectivity index (χ3n) is 2.80. The first-order chi connectivity index (χ1) is 10.2. The van der Waals surface area contributed by atoms with Crippen LogP contribution in [0.15, 0.2) is 36.3 Å². The van der Waals surface area contributed by atoms with Crippen molar-refractivity contribution in [1.82, 2.24) is 0 Å².